The Bertz CT molecular complexity index is 340. The molecule has 2 heterocycles. The number of fused-ring (bicyclic) bond motifs is 1. The van der Waals surface area contributed by atoms with E-state index >= 15 is 0 Å². The zero-order valence-electron chi connectivity index (χ0n) is 9.12. The van der Waals surface area contributed by atoms with Crippen LogP contribution in [0.4, 0.5) is 0 Å². The average molecular weight is 187 g/mol. The molecule has 0 radical (unpaired) electrons. The van der Waals surface area contributed by atoms with Gasteiger partial charge in [-0.1, -0.05) is 26.5 Å². The summed E-state index contributed by atoms with van der Waals surface area (Å²) in [6.07, 6.45) is 12.4. The predicted molar refractivity (Wildman–Crippen MR) is 62.4 cm³/mol. The molecule has 0 saturated heterocycles. The van der Waals surface area contributed by atoms with E-state index in [1.165, 1.54) is 11.3 Å². The van der Waals surface area contributed by atoms with Crippen LogP contribution in [0.25, 0.3) is 0 Å². The van der Waals surface area contributed by atoms with Crippen LogP contribution in [0.3, 0.4) is 0 Å². The van der Waals surface area contributed by atoms with Crippen LogP contribution in [0.5, 0.6) is 0 Å². The van der Waals surface area contributed by atoms with E-state index < -0.39 is 0 Å². The van der Waals surface area contributed by atoms with Gasteiger partial charge in [-0.05, 0) is 36.3 Å². The molecule has 2 aliphatic rings. The Hall–Kier alpha value is -1.50. The third-order valence-electron chi connectivity index (χ3n) is 2.08. The third kappa shape index (κ3) is 2.05. The van der Waals surface area contributed by atoms with Crippen molar-refractivity contribution >= 4 is 0 Å². The zero-order chi connectivity index (χ0) is 10.6. The molecule has 1 heteroatoms. The van der Waals surface area contributed by atoms with Gasteiger partial charge in [0.05, 0.1) is 0 Å². The molecule has 0 atom stereocenters. The van der Waals surface area contributed by atoms with E-state index in [1.54, 1.807) is 0 Å². The molecule has 0 spiro atoms. The van der Waals surface area contributed by atoms with E-state index in [0.717, 1.165) is 5.57 Å². The lowest BCUT2D eigenvalue weighted by atomic mass is 10.0. The van der Waals surface area contributed by atoms with Gasteiger partial charge in [-0.15, -0.1) is 0 Å². The van der Waals surface area contributed by atoms with Gasteiger partial charge in [0.1, 0.15) is 0 Å². The molecular formula is C13H17N. The first kappa shape index (κ1) is 10.6. The molecule has 0 aliphatic carbocycles. The van der Waals surface area contributed by atoms with Gasteiger partial charge in [-0.25, -0.2) is 0 Å². The lowest BCUT2D eigenvalue weighted by Crippen LogP contribution is -2.14. The predicted octanol–water partition coefficient (Wildman–Crippen LogP) is 3.76. The van der Waals surface area contributed by atoms with Gasteiger partial charge in [0.25, 0.3) is 0 Å². The molecule has 74 valence electrons. The number of hydrogen-bond acceptors (Lipinski definition) is 1. The number of allylic oxidation sites excluding steroid dienone is 6. The standard InChI is InChI=1S/C11H11N.C2H6/c1-9-7-11-5-3-4-6-12(11)8-10(9)2;1-2/h3-8H,1H2,2H3;1-2H3. The smallest absolute Gasteiger partial charge is 0.0455 e. The molecule has 1 nitrogen and oxygen atoms in total. The molecule has 0 unspecified atom stereocenters. The summed E-state index contributed by atoms with van der Waals surface area (Å²) in [6, 6.07) is 0. The first-order valence-electron chi connectivity index (χ1n) is 5.00. The molecule has 0 aromatic carbocycles. The van der Waals surface area contributed by atoms with Crippen molar-refractivity contribution in [3.05, 3.63) is 60.1 Å². The van der Waals surface area contributed by atoms with Crippen molar-refractivity contribution in [2.24, 2.45) is 0 Å². The summed E-state index contributed by atoms with van der Waals surface area (Å²) in [4.78, 5) is 2.10. The molecule has 0 bridgehead atoms. The van der Waals surface area contributed by atoms with E-state index in [-0.39, 0.29) is 0 Å². The highest BCUT2D eigenvalue weighted by Crippen LogP contribution is 2.24. The monoisotopic (exact) mass is 187 g/mol. The second-order valence-corrected chi connectivity index (χ2v) is 3.01. The van der Waals surface area contributed by atoms with E-state index in [9.17, 15) is 0 Å². The van der Waals surface area contributed by atoms with Crippen molar-refractivity contribution in [3.8, 4) is 0 Å². The number of nitrogens with zero attached hydrogens (tertiary/aromatic N) is 1. The number of rotatable bonds is 0. The van der Waals surface area contributed by atoms with Gasteiger partial charge in [0, 0.05) is 18.1 Å². The zero-order valence-corrected chi connectivity index (χ0v) is 9.12. The molecule has 0 saturated carbocycles. The highest BCUT2D eigenvalue weighted by Gasteiger charge is 2.10. The number of hydrogen-bond donors (Lipinski definition) is 0. The van der Waals surface area contributed by atoms with Gasteiger partial charge in [-0.2, -0.15) is 0 Å². The van der Waals surface area contributed by atoms with Crippen molar-refractivity contribution in [2.45, 2.75) is 20.8 Å². The van der Waals surface area contributed by atoms with E-state index in [1.807, 2.05) is 32.2 Å². The van der Waals surface area contributed by atoms with Crippen molar-refractivity contribution in [1.29, 1.82) is 0 Å². The maximum Gasteiger partial charge on any atom is 0.0455 e. The first-order chi connectivity index (χ1) is 6.77. The summed E-state index contributed by atoms with van der Waals surface area (Å²) in [7, 11) is 0. The molecule has 0 fully saturated rings. The minimum Gasteiger partial charge on any atom is -0.324 e. The van der Waals surface area contributed by atoms with Crippen LogP contribution in [-0.2, 0) is 0 Å². The highest BCUT2D eigenvalue weighted by molar-refractivity contribution is 5.47. The van der Waals surface area contributed by atoms with Crippen LogP contribution in [0.2, 0.25) is 0 Å². The van der Waals surface area contributed by atoms with Gasteiger partial charge < -0.3 is 4.90 Å². The SMILES string of the molecule is C=C1C=C2C=CC=CN2C=C1C.CC. The van der Waals surface area contributed by atoms with Crippen LogP contribution < -0.4 is 0 Å². The maximum absolute atomic E-state index is 3.96. The molecule has 0 N–H and O–H groups in total. The summed E-state index contributed by atoms with van der Waals surface area (Å²) in [5, 5.41) is 0. The topological polar surface area (TPSA) is 3.24 Å². The second-order valence-electron chi connectivity index (χ2n) is 3.01. The second kappa shape index (κ2) is 4.66. The summed E-state index contributed by atoms with van der Waals surface area (Å²) in [5.74, 6) is 0. The van der Waals surface area contributed by atoms with Crippen LogP contribution in [0.1, 0.15) is 20.8 Å². The summed E-state index contributed by atoms with van der Waals surface area (Å²) < 4.78 is 0. The van der Waals surface area contributed by atoms with E-state index in [2.05, 4.69) is 36.8 Å². The maximum atomic E-state index is 3.96. The first-order valence-corrected chi connectivity index (χ1v) is 5.00. The highest BCUT2D eigenvalue weighted by atomic mass is 15.1. The lowest BCUT2D eigenvalue weighted by molar-refractivity contribution is 0.631. The summed E-state index contributed by atoms with van der Waals surface area (Å²) in [6.45, 7) is 10.0. The fraction of sp³-hybridized carbons (Fsp3) is 0.231. The minimum atomic E-state index is 1.10. The van der Waals surface area contributed by atoms with Gasteiger partial charge >= 0.3 is 0 Å². The molecule has 14 heavy (non-hydrogen) atoms. The minimum absolute atomic E-state index is 1.10. The average Bonchev–Trinajstić information content (AvgIpc) is 2.23. The van der Waals surface area contributed by atoms with Crippen molar-refractivity contribution in [3.63, 3.8) is 0 Å². The molecule has 2 rings (SSSR count). The third-order valence-corrected chi connectivity index (χ3v) is 2.08. The Balaban J connectivity index is 0.000000461. The van der Waals surface area contributed by atoms with Crippen LogP contribution in [0, 0.1) is 0 Å². The van der Waals surface area contributed by atoms with Crippen molar-refractivity contribution < 1.29 is 0 Å². The van der Waals surface area contributed by atoms with E-state index in [0.29, 0.717) is 0 Å². The largest absolute Gasteiger partial charge is 0.324 e. The normalized spacial score (nSPS) is 17.9. The lowest BCUT2D eigenvalue weighted by Gasteiger charge is -2.24. The molecule has 2 aliphatic heterocycles. The Morgan fingerprint density at radius 2 is 1.93 bits per heavy atom. The molecule has 0 amide bonds. The fourth-order valence-electron chi connectivity index (χ4n) is 1.29. The fourth-order valence-corrected chi connectivity index (χ4v) is 1.29. The Kier molecular flexibility index (Phi) is 3.52. The van der Waals surface area contributed by atoms with Crippen molar-refractivity contribution in [1.82, 2.24) is 4.90 Å². The van der Waals surface area contributed by atoms with Crippen LogP contribution >= 0.6 is 0 Å². The van der Waals surface area contributed by atoms with Crippen molar-refractivity contribution in [2.75, 3.05) is 0 Å². The van der Waals surface area contributed by atoms with Gasteiger partial charge in [-0.3, -0.25) is 0 Å². The summed E-state index contributed by atoms with van der Waals surface area (Å²) in [5.41, 5.74) is 3.51. The van der Waals surface area contributed by atoms with Gasteiger partial charge in [0.15, 0.2) is 0 Å². The van der Waals surface area contributed by atoms with Crippen LogP contribution in [-0.4, -0.2) is 4.90 Å². The summed E-state index contributed by atoms with van der Waals surface area (Å²) >= 11 is 0. The Morgan fingerprint density at radius 1 is 1.21 bits per heavy atom. The molecule has 0 aromatic rings. The molecular weight excluding hydrogens is 170 g/mol. The molecule has 0 aromatic heterocycles. The Morgan fingerprint density at radius 3 is 2.64 bits per heavy atom. The quantitative estimate of drug-likeness (QED) is 0.558. The van der Waals surface area contributed by atoms with Crippen LogP contribution in [0.15, 0.2) is 60.1 Å². The van der Waals surface area contributed by atoms with E-state index in [4.69, 9.17) is 0 Å². The Labute approximate surface area is 86.4 Å². The van der Waals surface area contributed by atoms with Gasteiger partial charge in [0.2, 0.25) is 0 Å².